The predicted molar refractivity (Wildman–Crippen MR) is 75.6 cm³/mol. The molecule has 0 aromatic carbocycles. The number of rotatable bonds is 7. The average Bonchev–Trinajstić information content (AvgIpc) is 2.35. The van der Waals surface area contributed by atoms with Gasteiger partial charge in [0.15, 0.2) is 0 Å². The van der Waals surface area contributed by atoms with Crippen molar-refractivity contribution >= 4 is 11.8 Å². The molecule has 0 aliphatic carbocycles. The molecule has 0 saturated heterocycles. The molecule has 0 aromatic rings. The summed E-state index contributed by atoms with van der Waals surface area (Å²) in [6, 6.07) is 0. The topological polar surface area (TPSA) is 78.4 Å². The second kappa shape index (κ2) is 7.48. The Hall–Kier alpha value is -1.10. The summed E-state index contributed by atoms with van der Waals surface area (Å²) in [6.07, 6.45) is 1.59. The highest BCUT2D eigenvalue weighted by Gasteiger charge is 2.27. The minimum absolute atomic E-state index is 0.0694. The molecule has 0 spiro atoms. The maximum atomic E-state index is 11.8. The molecule has 19 heavy (non-hydrogen) atoms. The molecule has 0 fully saturated rings. The van der Waals surface area contributed by atoms with Crippen LogP contribution in [-0.2, 0) is 9.59 Å². The van der Waals surface area contributed by atoms with Gasteiger partial charge in [-0.25, -0.2) is 0 Å². The van der Waals surface area contributed by atoms with Crippen LogP contribution < -0.4 is 10.6 Å². The van der Waals surface area contributed by atoms with E-state index in [2.05, 4.69) is 10.6 Å². The van der Waals surface area contributed by atoms with Gasteiger partial charge in [-0.05, 0) is 12.8 Å². The van der Waals surface area contributed by atoms with Crippen molar-refractivity contribution in [3.63, 3.8) is 0 Å². The van der Waals surface area contributed by atoms with E-state index >= 15 is 0 Å². The summed E-state index contributed by atoms with van der Waals surface area (Å²) in [7, 11) is 0. The van der Waals surface area contributed by atoms with Gasteiger partial charge in [-0.15, -0.1) is 0 Å². The van der Waals surface area contributed by atoms with Crippen molar-refractivity contribution in [1.29, 1.82) is 0 Å². The Morgan fingerprint density at radius 3 is 2.00 bits per heavy atom. The number of aliphatic hydroxyl groups excluding tert-OH is 1. The van der Waals surface area contributed by atoms with E-state index in [1.54, 1.807) is 0 Å². The maximum Gasteiger partial charge on any atom is 0.225 e. The first-order valence-electron chi connectivity index (χ1n) is 6.91. The smallest absolute Gasteiger partial charge is 0.225 e. The Morgan fingerprint density at radius 2 is 1.63 bits per heavy atom. The standard InChI is InChI=1S/C14H28N2O3/c1-6-14(7-2,10-17)16-11(18)8-9-15-12(19)13(3,4)5/h17H,6-10H2,1-5H3,(H,15,19)(H,16,18). The van der Waals surface area contributed by atoms with E-state index in [-0.39, 0.29) is 24.8 Å². The van der Waals surface area contributed by atoms with Crippen molar-refractivity contribution in [3.8, 4) is 0 Å². The number of amides is 2. The second-order valence-corrected chi connectivity index (χ2v) is 5.95. The van der Waals surface area contributed by atoms with E-state index in [1.807, 2.05) is 34.6 Å². The molecule has 5 nitrogen and oxygen atoms in total. The molecular weight excluding hydrogens is 244 g/mol. The second-order valence-electron chi connectivity index (χ2n) is 5.95. The SMILES string of the molecule is CCC(CC)(CO)NC(=O)CCNC(=O)C(C)(C)C. The van der Waals surface area contributed by atoms with Crippen molar-refractivity contribution < 1.29 is 14.7 Å². The Balaban J connectivity index is 4.17. The van der Waals surface area contributed by atoms with Crippen LogP contribution in [0.4, 0.5) is 0 Å². The van der Waals surface area contributed by atoms with Crippen LogP contribution in [0.25, 0.3) is 0 Å². The summed E-state index contributed by atoms with van der Waals surface area (Å²) >= 11 is 0. The zero-order valence-electron chi connectivity index (χ0n) is 12.8. The van der Waals surface area contributed by atoms with Gasteiger partial charge in [0.05, 0.1) is 12.1 Å². The van der Waals surface area contributed by atoms with E-state index in [0.717, 1.165) is 0 Å². The third-order valence-corrected chi connectivity index (χ3v) is 3.38. The van der Waals surface area contributed by atoms with E-state index in [9.17, 15) is 14.7 Å². The number of hydrogen-bond acceptors (Lipinski definition) is 3. The Kier molecular flexibility index (Phi) is 7.05. The number of carbonyl (C=O) groups excluding carboxylic acids is 2. The number of nitrogens with one attached hydrogen (secondary N) is 2. The molecule has 5 heteroatoms. The van der Waals surface area contributed by atoms with Crippen molar-refractivity contribution in [2.45, 2.75) is 59.4 Å². The summed E-state index contributed by atoms with van der Waals surface area (Å²) in [5.41, 5.74) is -0.983. The van der Waals surface area contributed by atoms with Gasteiger partial charge in [-0.2, -0.15) is 0 Å². The molecule has 0 saturated carbocycles. The van der Waals surface area contributed by atoms with Crippen LogP contribution in [0.5, 0.6) is 0 Å². The van der Waals surface area contributed by atoms with Crippen LogP contribution in [0.15, 0.2) is 0 Å². The molecule has 0 aliphatic heterocycles. The highest BCUT2D eigenvalue weighted by atomic mass is 16.3. The zero-order valence-corrected chi connectivity index (χ0v) is 12.8. The Labute approximate surface area is 116 Å². The lowest BCUT2D eigenvalue weighted by atomic mass is 9.93. The van der Waals surface area contributed by atoms with Crippen LogP contribution in [0, 0.1) is 5.41 Å². The molecule has 0 heterocycles. The van der Waals surface area contributed by atoms with Gasteiger partial charge in [-0.1, -0.05) is 34.6 Å². The van der Waals surface area contributed by atoms with Crippen molar-refractivity contribution in [2.24, 2.45) is 5.41 Å². The number of aliphatic hydroxyl groups is 1. The molecule has 0 rings (SSSR count). The van der Waals surface area contributed by atoms with Gasteiger partial charge < -0.3 is 15.7 Å². The van der Waals surface area contributed by atoms with E-state index in [0.29, 0.717) is 19.4 Å². The molecule has 3 N–H and O–H groups in total. The van der Waals surface area contributed by atoms with Crippen molar-refractivity contribution in [2.75, 3.05) is 13.2 Å². The summed E-state index contributed by atoms with van der Waals surface area (Å²) in [5, 5.41) is 14.9. The average molecular weight is 272 g/mol. The van der Waals surface area contributed by atoms with Gasteiger partial charge in [0.1, 0.15) is 0 Å². The van der Waals surface area contributed by atoms with Gasteiger partial charge in [-0.3, -0.25) is 9.59 Å². The fourth-order valence-corrected chi connectivity index (χ4v) is 1.60. The summed E-state index contributed by atoms with van der Waals surface area (Å²) in [5.74, 6) is -0.216. The van der Waals surface area contributed by atoms with Crippen LogP contribution in [-0.4, -0.2) is 35.6 Å². The third kappa shape index (κ3) is 6.05. The molecular formula is C14H28N2O3. The Bertz CT molecular complexity index is 296. The van der Waals surface area contributed by atoms with Gasteiger partial charge in [0, 0.05) is 18.4 Å². The molecule has 2 amide bonds. The van der Waals surface area contributed by atoms with Crippen molar-refractivity contribution in [1.82, 2.24) is 10.6 Å². The molecule has 112 valence electrons. The Morgan fingerprint density at radius 1 is 1.11 bits per heavy atom. The van der Waals surface area contributed by atoms with E-state index in [1.165, 1.54) is 0 Å². The fraction of sp³-hybridized carbons (Fsp3) is 0.857. The molecule has 0 aromatic heterocycles. The lowest BCUT2D eigenvalue weighted by Gasteiger charge is -2.30. The van der Waals surface area contributed by atoms with Gasteiger partial charge in [0.25, 0.3) is 0 Å². The quantitative estimate of drug-likeness (QED) is 0.652. The van der Waals surface area contributed by atoms with Crippen LogP contribution in [0.3, 0.4) is 0 Å². The summed E-state index contributed by atoms with van der Waals surface area (Å²) in [6.45, 7) is 9.59. The van der Waals surface area contributed by atoms with E-state index in [4.69, 9.17) is 0 Å². The minimum Gasteiger partial charge on any atom is -0.394 e. The molecule has 0 bridgehead atoms. The number of carbonyl (C=O) groups is 2. The third-order valence-electron chi connectivity index (χ3n) is 3.38. The van der Waals surface area contributed by atoms with Gasteiger partial charge >= 0.3 is 0 Å². The summed E-state index contributed by atoms with van der Waals surface area (Å²) < 4.78 is 0. The number of hydrogen-bond donors (Lipinski definition) is 3. The van der Waals surface area contributed by atoms with Crippen LogP contribution in [0.2, 0.25) is 0 Å². The first-order chi connectivity index (χ1) is 8.70. The highest BCUT2D eigenvalue weighted by Crippen LogP contribution is 2.14. The fourth-order valence-electron chi connectivity index (χ4n) is 1.60. The van der Waals surface area contributed by atoms with Crippen molar-refractivity contribution in [3.05, 3.63) is 0 Å². The predicted octanol–water partition coefficient (Wildman–Crippen LogP) is 1.21. The monoisotopic (exact) mass is 272 g/mol. The maximum absolute atomic E-state index is 11.8. The van der Waals surface area contributed by atoms with Crippen LogP contribution in [0.1, 0.15) is 53.9 Å². The van der Waals surface area contributed by atoms with E-state index < -0.39 is 11.0 Å². The lowest BCUT2D eigenvalue weighted by molar-refractivity contribution is -0.128. The minimum atomic E-state index is -0.537. The lowest BCUT2D eigenvalue weighted by Crippen LogP contribution is -2.51. The molecule has 0 atom stereocenters. The summed E-state index contributed by atoms with van der Waals surface area (Å²) in [4.78, 5) is 23.4. The van der Waals surface area contributed by atoms with Gasteiger partial charge in [0.2, 0.25) is 11.8 Å². The highest BCUT2D eigenvalue weighted by molar-refractivity contribution is 5.82. The molecule has 0 radical (unpaired) electrons. The zero-order chi connectivity index (χ0) is 15.1. The molecule has 0 aliphatic rings. The first-order valence-corrected chi connectivity index (χ1v) is 6.91. The normalized spacial score (nSPS) is 12.1. The van der Waals surface area contributed by atoms with Crippen LogP contribution >= 0.6 is 0 Å². The largest absolute Gasteiger partial charge is 0.394 e. The molecule has 0 unspecified atom stereocenters. The first kappa shape index (κ1) is 17.9.